The van der Waals surface area contributed by atoms with Crippen molar-refractivity contribution in [3.05, 3.63) is 17.0 Å². The number of hydrogen-bond acceptors (Lipinski definition) is 4. The van der Waals surface area contributed by atoms with E-state index in [9.17, 15) is 4.79 Å². The van der Waals surface area contributed by atoms with Crippen LogP contribution >= 0.6 is 11.6 Å². The SMILES string of the molecule is CCCc1c(Cl)ncnc1NC(C)C(=O)NCC. The molecule has 0 aliphatic carbocycles. The summed E-state index contributed by atoms with van der Waals surface area (Å²) in [7, 11) is 0. The fraction of sp³-hybridized carbons (Fsp3) is 0.583. The summed E-state index contributed by atoms with van der Waals surface area (Å²) >= 11 is 6.04. The van der Waals surface area contributed by atoms with E-state index in [-0.39, 0.29) is 11.9 Å². The quantitative estimate of drug-likeness (QED) is 0.776. The third-order valence-corrected chi connectivity index (χ3v) is 2.82. The van der Waals surface area contributed by atoms with E-state index in [4.69, 9.17) is 11.6 Å². The Balaban J connectivity index is 2.83. The van der Waals surface area contributed by atoms with E-state index in [0.717, 1.165) is 18.4 Å². The van der Waals surface area contributed by atoms with Crippen molar-refractivity contribution in [3.63, 3.8) is 0 Å². The summed E-state index contributed by atoms with van der Waals surface area (Å²) in [6.45, 7) is 6.34. The molecular weight excluding hydrogens is 252 g/mol. The van der Waals surface area contributed by atoms with E-state index in [2.05, 4.69) is 27.5 Å². The number of hydrogen-bond donors (Lipinski definition) is 2. The van der Waals surface area contributed by atoms with E-state index in [0.29, 0.717) is 17.5 Å². The van der Waals surface area contributed by atoms with Gasteiger partial charge in [0.2, 0.25) is 5.91 Å². The first-order valence-corrected chi connectivity index (χ1v) is 6.51. The molecule has 1 unspecified atom stereocenters. The Kier molecular flexibility index (Phi) is 5.85. The van der Waals surface area contributed by atoms with Gasteiger partial charge in [0.15, 0.2) is 0 Å². The molecule has 1 aromatic rings. The number of anilines is 1. The van der Waals surface area contributed by atoms with Crippen LogP contribution in [0.15, 0.2) is 6.33 Å². The first-order chi connectivity index (χ1) is 8.60. The number of halogens is 1. The van der Waals surface area contributed by atoms with Crippen LogP contribution in [-0.4, -0.2) is 28.5 Å². The van der Waals surface area contributed by atoms with Gasteiger partial charge in [0.1, 0.15) is 23.3 Å². The fourth-order valence-electron chi connectivity index (χ4n) is 1.58. The Labute approximate surface area is 112 Å². The Hall–Kier alpha value is -1.36. The van der Waals surface area contributed by atoms with Gasteiger partial charge in [-0.25, -0.2) is 9.97 Å². The topological polar surface area (TPSA) is 66.9 Å². The molecule has 6 heteroatoms. The minimum absolute atomic E-state index is 0.0605. The number of aromatic nitrogens is 2. The second kappa shape index (κ2) is 7.16. The van der Waals surface area contributed by atoms with Crippen molar-refractivity contribution in [2.75, 3.05) is 11.9 Å². The molecule has 0 radical (unpaired) electrons. The van der Waals surface area contributed by atoms with Crippen LogP contribution in [0.2, 0.25) is 5.15 Å². The van der Waals surface area contributed by atoms with E-state index in [1.165, 1.54) is 6.33 Å². The lowest BCUT2D eigenvalue weighted by Crippen LogP contribution is -2.37. The summed E-state index contributed by atoms with van der Waals surface area (Å²) in [6.07, 6.45) is 3.12. The molecule has 1 amide bonds. The zero-order valence-electron chi connectivity index (χ0n) is 11.0. The van der Waals surface area contributed by atoms with Crippen molar-refractivity contribution < 1.29 is 4.79 Å². The highest BCUT2D eigenvalue weighted by molar-refractivity contribution is 6.30. The molecule has 0 saturated carbocycles. The van der Waals surface area contributed by atoms with E-state index in [1.54, 1.807) is 6.92 Å². The van der Waals surface area contributed by atoms with E-state index in [1.807, 2.05) is 6.92 Å². The molecule has 1 aromatic heterocycles. The van der Waals surface area contributed by atoms with Crippen LogP contribution in [0.5, 0.6) is 0 Å². The van der Waals surface area contributed by atoms with Crippen LogP contribution in [0, 0.1) is 0 Å². The van der Waals surface area contributed by atoms with Gasteiger partial charge < -0.3 is 10.6 Å². The minimum Gasteiger partial charge on any atom is -0.358 e. The van der Waals surface area contributed by atoms with Gasteiger partial charge in [0.25, 0.3) is 0 Å². The molecule has 0 bridgehead atoms. The molecule has 0 saturated heterocycles. The molecule has 1 heterocycles. The molecule has 18 heavy (non-hydrogen) atoms. The molecule has 100 valence electrons. The molecule has 2 N–H and O–H groups in total. The number of nitrogens with one attached hydrogen (secondary N) is 2. The molecule has 0 aromatic carbocycles. The van der Waals surface area contributed by atoms with Crippen molar-refractivity contribution in [2.45, 2.75) is 39.7 Å². The number of carbonyl (C=O) groups excluding carboxylic acids is 1. The molecular formula is C12H19ClN4O. The number of amides is 1. The Morgan fingerprint density at radius 1 is 1.44 bits per heavy atom. The van der Waals surface area contributed by atoms with Gasteiger partial charge in [-0.05, 0) is 20.3 Å². The van der Waals surface area contributed by atoms with E-state index < -0.39 is 0 Å². The van der Waals surface area contributed by atoms with Crippen LogP contribution in [0.25, 0.3) is 0 Å². The molecule has 0 fully saturated rings. The minimum atomic E-state index is -0.355. The number of nitrogens with zero attached hydrogens (tertiary/aromatic N) is 2. The van der Waals surface area contributed by atoms with Crippen molar-refractivity contribution in [2.24, 2.45) is 0 Å². The number of carbonyl (C=O) groups is 1. The number of rotatable bonds is 6. The summed E-state index contributed by atoms with van der Waals surface area (Å²) in [5.74, 6) is 0.574. The monoisotopic (exact) mass is 270 g/mol. The number of likely N-dealkylation sites (N-methyl/N-ethyl adjacent to an activating group) is 1. The first kappa shape index (κ1) is 14.7. The zero-order chi connectivity index (χ0) is 13.5. The molecule has 1 rings (SSSR count). The average Bonchev–Trinajstić information content (AvgIpc) is 2.34. The van der Waals surface area contributed by atoms with Crippen LogP contribution in [0.3, 0.4) is 0 Å². The van der Waals surface area contributed by atoms with Crippen molar-refractivity contribution in [1.29, 1.82) is 0 Å². The predicted octanol–water partition coefficient (Wildman–Crippen LogP) is 2.02. The third kappa shape index (κ3) is 3.84. The van der Waals surface area contributed by atoms with Gasteiger partial charge in [0, 0.05) is 12.1 Å². The first-order valence-electron chi connectivity index (χ1n) is 6.13. The lowest BCUT2D eigenvalue weighted by atomic mass is 10.1. The van der Waals surface area contributed by atoms with E-state index >= 15 is 0 Å². The molecule has 1 atom stereocenters. The smallest absolute Gasteiger partial charge is 0.242 e. The Morgan fingerprint density at radius 2 is 2.17 bits per heavy atom. The predicted molar refractivity (Wildman–Crippen MR) is 72.8 cm³/mol. The van der Waals surface area contributed by atoms with Gasteiger partial charge in [0.05, 0.1) is 0 Å². The van der Waals surface area contributed by atoms with Crippen molar-refractivity contribution in [1.82, 2.24) is 15.3 Å². The second-order valence-corrected chi connectivity index (χ2v) is 4.36. The zero-order valence-corrected chi connectivity index (χ0v) is 11.7. The summed E-state index contributed by atoms with van der Waals surface area (Å²) in [4.78, 5) is 19.8. The van der Waals surface area contributed by atoms with Crippen molar-refractivity contribution >= 4 is 23.3 Å². The fourth-order valence-corrected chi connectivity index (χ4v) is 1.81. The van der Waals surface area contributed by atoms with Crippen LogP contribution in [0.1, 0.15) is 32.8 Å². The van der Waals surface area contributed by atoms with Crippen LogP contribution in [-0.2, 0) is 11.2 Å². The third-order valence-electron chi connectivity index (χ3n) is 2.49. The maximum absolute atomic E-state index is 11.7. The largest absolute Gasteiger partial charge is 0.358 e. The standard InChI is InChI=1S/C12H19ClN4O/c1-4-6-9-10(13)15-7-16-11(9)17-8(3)12(18)14-5-2/h7-8H,4-6H2,1-3H3,(H,14,18)(H,15,16,17). The van der Waals surface area contributed by atoms with Gasteiger partial charge in [-0.1, -0.05) is 24.9 Å². The summed E-state index contributed by atoms with van der Waals surface area (Å²) in [5.41, 5.74) is 0.859. The lowest BCUT2D eigenvalue weighted by molar-refractivity contribution is -0.121. The normalized spacial score (nSPS) is 12.0. The highest BCUT2D eigenvalue weighted by Crippen LogP contribution is 2.21. The van der Waals surface area contributed by atoms with Crippen LogP contribution in [0.4, 0.5) is 5.82 Å². The Bertz CT molecular complexity index is 411. The molecule has 0 aliphatic rings. The molecule has 0 aliphatic heterocycles. The van der Waals surface area contributed by atoms with Gasteiger partial charge >= 0.3 is 0 Å². The van der Waals surface area contributed by atoms with Crippen molar-refractivity contribution in [3.8, 4) is 0 Å². The maximum atomic E-state index is 11.7. The van der Waals surface area contributed by atoms with Gasteiger partial charge in [-0.3, -0.25) is 4.79 Å². The molecule has 0 spiro atoms. The summed E-state index contributed by atoms with van der Waals surface area (Å²) in [5, 5.41) is 6.27. The van der Waals surface area contributed by atoms with Gasteiger partial charge in [-0.15, -0.1) is 0 Å². The summed E-state index contributed by atoms with van der Waals surface area (Å²) < 4.78 is 0. The van der Waals surface area contributed by atoms with Crippen LogP contribution < -0.4 is 10.6 Å². The average molecular weight is 271 g/mol. The highest BCUT2D eigenvalue weighted by Gasteiger charge is 2.15. The van der Waals surface area contributed by atoms with Gasteiger partial charge in [-0.2, -0.15) is 0 Å². The Morgan fingerprint density at radius 3 is 2.78 bits per heavy atom. The molecule has 5 nitrogen and oxygen atoms in total. The summed E-state index contributed by atoms with van der Waals surface area (Å²) in [6, 6.07) is -0.355. The maximum Gasteiger partial charge on any atom is 0.242 e. The second-order valence-electron chi connectivity index (χ2n) is 4.00. The highest BCUT2D eigenvalue weighted by atomic mass is 35.5. The lowest BCUT2D eigenvalue weighted by Gasteiger charge is -2.16.